The lowest BCUT2D eigenvalue weighted by molar-refractivity contribution is 0.0738. The van der Waals surface area contributed by atoms with Crippen LogP contribution in [0, 0.1) is 0 Å². The maximum absolute atomic E-state index is 12.4. The van der Waals surface area contributed by atoms with Gasteiger partial charge in [0.05, 0.1) is 0 Å². The van der Waals surface area contributed by atoms with E-state index < -0.39 is 0 Å². The summed E-state index contributed by atoms with van der Waals surface area (Å²) in [6.07, 6.45) is 0.771. The van der Waals surface area contributed by atoms with E-state index in [-0.39, 0.29) is 24.4 Å². The number of rotatable bonds is 5. The van der Waals surface area contributed by atoms with Crippen LogP contribution in [0.15, 0.2) is 29.6 Å². The van der Waals surface area contributed by atoms with Crippen molar-refractivity contribution in [2.24, 2.45) is 5.73 Å². The third kappa shape index (κ3) is 4.68. The number of halogens is 2. The molecule has 2 rings (SSSR count). The van der Waals surface area contributed by atoms with Crippen LogP contribution in [0.1, 0.15) is 28.0 Å². The molecule has 1 heterocycles. The summed E-state index contributed by atoms with van der Waals surface area (Å²) in [6, 6.07) is 7.75. The van der Waals surface area contributed by atoms with Crippen molar-refractivity contribution >= 4 is 41.3 Å². The van der Waals surface area contributed by atoms with E-state index in [1.807, 2.05) is 31.2 Å². The zero-order chi connectivity index (χ0) is 15.4. The minimum absolute atomic E-state index is 0. The summed E-state index contributed by atoms with van der Waals surface area (Å²) in [6.45, 7) is 2.38. The summed E-state index contributed by atoms with van der Waals surface area (Å²) in [5, 5.41) is 3.25. The first-order valence-electron chi connectivity index (χ1n) is 6.67. The number of aromatic nitrogens is 1. The average Bonchev–Trinajstić information content (AvgIpc) is 2.97. The molecule has 4 nitrogen and oxygen atoms in total. The van der Waals surface area contributed by atoms with Crippen LogP contribution in [-0.2, 0) is 13.0 Å². The fraction of sp³-hybridized carbons (Fsp3) is 0.333. The van der Waals surface area contributed by atoms with Gasteiger partial charge in [0, 0.05) is 30.0 Å². The van der Waals surface area contributed by atoms with Gasteiger partial charge < -0.3 is 10.6 Å². The van der Waals surface area contributed by atoms with Gasteiger partial charge in [0.25, 0.3) is 5.91 Å². The van der Waals surface area contributed by atoms with Gasteiger partial charge in [0.1, 0.15) is 10.7 Å². The fourth-order valence-electron chi connectivity index (χ4n) is 1.98. The number of amides is 1. The van der Waals surface area contributed by atoms with Crippen LogP contribution < -0.4 is 5.73 Å². The second-order valence-electron chi connectivity index (χ2n) is 4.93. The number of nitrogens with zero attached hydrogens (tertiary/aromatic N) is 2. The highest BCUT2D eigenvalue weighted by Gasteiger charge is 2.20. The molecule has 1 aromatic heterocycles. The Morgan fingerprint density at radius 3 is 2.59 bits per heavy atom. The van der Waals surface area contributed by atoms with Gasteiger partial charge in [-0.15, -0.1) is 23.7 Å². The average molecular weight is 360 g/mol. The number of benzene rings is 1. The van der Waals surface area contributed by atoms with Gasteiger partial charge in [0.15, 0.2) is 0 Å². The molecule has 1 atom stereocenters. The van der Waals surface area contributed by atoms with Crippen molar-refractivity contribution < 1.29 is 4.79 Å². The van der Waals surface area contributed by atoms with E-state index in [4.69, 9.17) is 17.3 Å². The van der Waals surface area contributed by atoms with E-state index in [0.717, 1.165) is 17.0 Å². The Hall–Kier alpha value is -1.14. The Kier molecular flexibility index (Phi) is 7.29. The maximum atomic E-state index is 12.4. The molecule has 2 N–H and O–H groups in total. The van der Waals surface area contributed by atoms with Crippen LogP contribution in [0.3, 0.4) is 0 Å². The normalized spacial score (nSPS) is 11.6. The second kappa shape index (κ2) is 8.48. The lowest BCUT2D eigenvalue weighted by atomic mass is 10.1. The first kappa shape index (κ1) is 18.9. The number of thiazole rings is 1. The highest BCUT2D eigenvalue weighted by atomic mass is 35.5. The molecule has 0 fully saturated rings. The molecule has 7 heteroatoms. The van der Waals surface area contributed by atoms with Crippen LogP contribution in [0.4, 0.5) is 0 Å². The Morgan fingerprint density at radius 2 is 2.05 bits per heavy atom. The van der Waals surface area contributed by atoms with Gasteiger partial charge in [-0.1, -0.05) is 23.7 Å². The maximum Gasteiger partial charge on any atom is 0.273 e. The molecule has 1 unspecified atom stereocenters. The molecule has 0 saturated heterocycles. The molecule has 0 bridgehead atoms. The molecular formula is C15H19Cl2N3OS. The van der Waals surface area contributed by atoms with Gasteiger partial charge in [0.2, 0.25) is 0 Å². The predicted octanol–water partition coefficient (Wildman–Crippen LogP) is 3.38. The van der Waals surface area contributed by atoms with E-state index in [1.54, 1.807) is 17.3 Å². The monoisotopic (exact) mass is 359 g/mol. The smallest absolute Gasteiger partial charge is 0.273 e. The molecule has 120 valence electrons. The Morgan fingerprint density at radius 1 is 1.41 bits per heavy atom. The number of carbonyl (C=O) groups excluding carboxylic acids is 1. The van der Waals surface area contributed by atoms with Crippen LogP contribution in [0.25, 0.3) is 0 Å². The number of likely N-dealkylation sites (N-methyl/N-ethyl adjacent to an activating group) is 1. The van der Waals surface area contributed by atoms with E-state index in [9.17, 15) is 4.79 Å². The minimum atomic E-state index is -0.0765. The summed E-state index contributed by atoms with van der Waals surface area (Å²) in [4.78, 5) is 18.3. The van der Waals surface area contributed by atoms with Crippen molar-refractivity contribution in [1.29, 1.82) is 0 Å². The summed E-state index contributed by atoms with van der Waals surface area (Å²) >= 11 is 7.29. The third-order valence-electron chi connectivity index (χ3n) is 3.37. The molecular weight excluding hydrogens is 341 g/mol. The van der Waals surface area contributed by atoms with Gasteiger partial charge in [-0.2, -0.15) is 0 Å². The van der Waals surface area contributed by atoms with Crippen molar-refractivity contribution in [1.82, 2.24) is 9.88 Å². The van der Waals surface area contributed by atoms with Crippen LogP contribution in [-0.4, -0.2) is 28.9 Å². The molecule has 0 aliphatic rings. The van der Waals surface area contributed by atoms with E-state index >= 15 is 0 Å². The largest absolute Gasteiger partial charge is 0.337 e. The van der Waals surface area contributed by atoms with Crippen molar-refractivity contribution in [2.45, 2.75) is 25.9 Å². The van der Waals surface area contributed by atoms with Gasteiger partial charge in [-0.3, -0.25) is 4.79 Å². The highest BCUT2D eigenvalue weighted by Crippen LogP contribution is 2.15. The first-order valence-corrected chi connectivity index (χ1v) is 7.93. The second-order valence-corrected chi connectivity index (χ2v) is 6.31. The van der Waals surface area contributed by atoms with Crippen LogP contribution >= 0.6 is 35.3 Å². The zero-order valence-corrected chi connectivity index (χ0v) is 14.8. The predicted molar refractivity (Wildman–Crippen MR) is 94.0 cm³/mol. The molecule has 0 aliphatic heterocycles. The minimum Gasteiger partial charge on any atom is -0.337 e. The molecule has 0 aliphatic carbocycles. The molecule has 1 amide bonds. The number of hydrogen-bond acceptors (Lipinski definition) is 4. The first-order chi connectivity index (χ1) is 10.0. The topological polar surface area (TPSA) is 59.2 Å². The lowest BCUT2D eigenvalue weighted by Crippen LogP contribution is -2.36. The van der Waals surface area contributed by atoms with E-state index in [1.165, 1.54) is 11.3 Å². The zero-order valence-electron chi connectivity index (χ0n) is 12.5. The Balaban J connectivity index is 0.00000242. The fourth-order valence-corrected chi connectivity index (χ4v) is 2.76. The quantitative estimate of drug-likeness (QED) is 0.889. The van der Waals surface area contributed by atoms with Gasteiger partial charge >= 0.3 is 0 Å². The summed E-state index contributed by atoms with van der Waals surface area (Å²) in [7, 11) is 1.80. The molecule has 2 aromatic rings. The van der Waals surface area contributed by atoms with Gasteiger partial charge in [-0.25, -0.2) is 4.98 Å². The van der Waals surface area contributed by atoms with Crippen LogP contribution in [0.2, 0.25) is 5.02 Å². The Labute approximate surface area is 145 Å². The van der Waals surface area contributed by atoms with Crippen molar-refractivity contribution in [3.8, 4) is 0 Å². The van der Waals surface area contributed by atoms with E-state index in [0.29, 0.717) is 17.3 Å². The Bertz CT molecular complexity index is 616. The van der Waals surface area contributed by atoms with Crippen molar-refractivity contribution in [3.63, 3.8) is 0 Å². The third-order valence-corrected chi connectivity index (χ3v) is 4.49. The SMILES string of the molecule is CC(Cc1ccc(Cl)cc1)N(C)C(=O)c1csc(CN)n1.Cl. The number of hydrogen-bond donors (Lipinski definition) is 1. The van der Waals surface area contributed by atoms with Crippen molar-refractivity contribution in [2.75, 3.05) is 7.05 Å². The van der Waals surface area contributed by atoms with Crippen LogP contribution in [0.5, 0.6) is 0 Å². The summed E-state index contributed by atoms with van der Waals surface area (Å²) in [5.41, 5.74) is 7.14. The summed E-state index contributed by atoms with van der Waals surface area (Å²) in [5.74, 6) is -0.0765. The molecule has 0 radical (unpaired) electrons. The summed E-state index contributed by atoms with van der Waals surface area (Å²) < 4.78 is 0. The highest BCUT2D eigenvalue weighted by molar-refractivity contribution is 7.09. The van der Waals surface area contributed by atoms with Crippen molar-refractivity contribution in [3.05, 3.63) is 50.9 Å². The van der Waals surface area contributed by atoms with E-state index in [2.05, 4.69) is 4.98 Å². The molecule has 0 saturated carbocycles. The van der Waals surface area contributed by atoms with Gasteiger partial charge in [-0.05, 0) is 31.0 Å². The molecule has 0 spiro atoms. The molecule has 1 aromatic carbocycles. The number of nitrogens with two attached hydrogens (primary N) is 1. The lowest BCUT2D eigenvalue weighted by Gasteiger charge is -2.24. The molecule has 22 heavy (non-hydrogen) atoms. The standard InChI is InChI=1S/C15H18ClN3OS.ClH/c1-10(7-11-3-5-12(16)6-4-11)19(2)15(20)13-9-21-14(8-17)18-13;/h3-6,9-10H,7-8,17H2,1-2H3;1H. The number of carbonyl (C=O) groups is 1.